The summed E-state index contributed by atoms with van der Waals surface area (Å²) in [7, 11) is 0. The topological polar surface area (TPSA) is 139 Å². The van der Waals surface area contributed by atoms with Crippen molar-refractivity contribution in [1.29, 1.82) is 0 Å². The van der Waals surface area contributed by atoms with Crippen molar-refractivity contribution in [1.82, 2.24) is 0 Å². The quantitative estimate of drug-likeness (QED) is 0.0538. The Kier molecular flexibility index (Phi) is 18.6. The number of hydrogen-bond donors (Lipinski definition) is 4. The molecule has 4 N–H and O–H groups in total. The van der Waals surface area contributed by atoms with Crippen molar-refractivity contribution < 1.29 is 29.4 Å². The summed E-state index contributed by atoms with van der Waals surface area (Å²) in [6.07, 6.45) is 3.71. The number of rotatable bonds is 16. The summed E-state index contributed by atoms with van der Waals surface area (Å²) in [4.78, 5) is 48.9. The van der Waals surface area contributed by atoms with E-state index in [2.05, 4.69) is 10.9 Å². The number of carbonyl (C=O) groups is 4. The van der Waals surface area contributed by atoms with Gasteiger partial charge in [0.25, 0.3) is 11.8 Å². The molecule has 2 atom stereocenters. The van der Waals surface area contributed by atoms with E-state index in [1.165, 1.54) is 10.0 Å². The largest absolute Gasteiger partial charge is 0.481 e. The van der Waals surface area contributed by atoms with Gasteiger partial charge in [-0.25, -0.2) is 10.0 Å². The van der Waals surface area contributed by atoms with Crippen molar-refractivity contribution in [3.63, 3.8) is 0 Å². The SMILES string of the molecule is CCCCC(C(=O)O)C(=O)N(Nc1ccccc1)c1ccccc1.CCCCC(C(=O)O)C(=O)N(Nc1ccccc1)c1ccccc1.[Ca]. The molecule has 0 aromatic heterocycles. The van der Waals surface area contributed by atoms with Crippen LogP contribution >= 0.6 is 0 Å². The predicted octanol–water partition coefficient (Wildman–Crippen LogP) is 7.49. The van der Waals surface area contributed by atoms with E-state index in [-0.39, 0.29) is 37.7 Å². The zero-order valence-corrected chi connectivity index (χ0v) is 30.3. The first-order valence-corrected chi connectivity index (χ1v) is 16.1. The normalized spacial score (nSPS) is 11.3. The van der Waals surface area contributed by atoms with Crippen LogP contribution in [0.5, 0.6) is 0 Å². The summed E-state index contributed by atoms with van der Waals surface area (Å²) in [5, 5.41) is 21.6. The minimum absolute atomic E-state index is 0. The molecule has 2 radical (unpaired) electrons. The number of hydrogen-bond acceptors (Lipinski definition) is 6. The van der Waals surface area contributed by atoms with Crippen LogP contribution in [-0.4, -0.2) is 71.7 Å². The molecule has 0 fully saturated rings. The number of amides is 2. The molecular formula is C38H44CaN4O6. The molecule has 0 heterocycles. The van der Waals surface area contributed by atoms with Gasteiger partial charge in [0.1, 0.15) is 11.8 Å². The first kappa shape index (κ1) is 40.8. The third-order valence-corrected chi connectivity index (χ3v) is 7.38. The molecule has 11 heteroatoms. The molecule has 49 heavy (non-hydrogen) atoms. The summed E-state index contributed by atoms with van der Waals surface area (Å²) >= 11 is 0. The molecular weight excluding hydrogens is 649 g/mol. The molecule has 0 aliphatic rings. The van der Waals surface area contributed by atoms with Gasteiger partial charge in [-0.2, -0.15) is 0 Å². The second-order valence-electron chi connectivity index (χ2n) is 11.0. The van der Waals surface area contributed by atoms with Gasteiger partial charge >= 0.3 is 11.9 Å². The van der Waals surface area contributed by atoms with Crippen LogP contribution < -0.4 is 20.9 Å². The van der Waals surface area contributed by atoms with Crippen LogP contribution in [0.1, 0.15) is 52.4 Å². The van der Waals surface area contributed by atoms with Crippen LogP contribution in [0.2, 0.25) is 0 Å². The third-order valence-electron chi connectivity index (χ3n) is 7.38. The van der Waals surface area contributed by atoms with Gasteiger partial charge in [0.15, 0.2) is 0 Å². The summed E-state index contributed by atoms with van der Waals surface area (Å²) < 4.78 is 0. The summed E-state index contributed by atoms with van der Waals surface area (Å²) in [6, 6.07) is 36.5. The van der Waals surface area contributed by atoms with E-state index >= 15 is 0 Å². The van der Waals surface area contributed by atoms with E-state index in [0.717, 1.165) is 12.8 Å². The molecule has 254 valence electrons. The van der Waals surface area contributed by atoms with Gasteiger partial charge < -0.3 is 10.2 Å². The number of benzene rings is 4. The van der Waals surface area contributed by atoms with Crippen LogP contribution in [0.15, 0.2) is 121 Å². The van der Waals surface area contributed by atoms with Crippen molar-refractivity contribution in [2.45, 2.75) is 52.4 Å². The zero-order valence-electron chi connectivity index (χ0n) is 28.1. The minimum Gasteiger partial charge on any atom is -0.481 e. The van der Waals surface area contributed by atoms with E-state index in [4.69, 9.17) is 0 Å². The van der Waals surface area contributed by atoms with Crippen LogP contribution in [0.4, 0.5) is 22.7 Å². The molecule has 0 saturated carbocycles. The van der Waals surface area contributed by atoms with Crippen LogP contribution in [-0.2, 0) is 19.2 Å². The Bertz CT molecular complexity index is 1440. The maximum absolute atomic E-state index is 12.9. The molecule has 0 saturated heterocycles. The number of nitrogens with zero attached hydrogens (tertiary/aromatic N) is 2. The van der Waals surface area contributed by atoms with E-state index < -0.39 is 35.6 Å². The number of hydrazine groups is 2. The van der Waals surface area contributed by atoms with Crippen molar-refractivity contribution >= 4 is 84.2 Å². The van der Waals surface area contributed by atoms with Gasteiger partial charge in [0.05, 0.1) is 22.7 Å². The molecule has 0 bridgehead atoms. The van der Waals surface area contributed by atoms with E-state index in [1.54, 1.807) is 24.3 Å². The number of unbranched alkanes of at least 4 members (excludes halogenated alkanes) is 2. The number of para-hydroxylation sites is 4. The Balaban J connectivity index is 0.000000333. The Labute approximate surface area is 318 Å². The average Bonchev–Trinajstić information content (AvgIpc) is 3.11. The number of nitrogens with one attached hydrogen (secondary N) is 2. The zero-order chi connectivity index (χ0) is 34.7. The van der Waals surface area contributed by atoms with Crippen LogP contribution in [0, 0.1) is 11.8 Å². The monoisotopic (exact) mass is 692 g/mol. The second-order valence-corrected chi connectivity index (χ2v) is 11.0. The fourth-order valence-electron chi connectivity index (χ4n) is 4.76. The molecule has 4 aromatic rings. The standard InChI is InChI=1S/2C19H22N2O3.Ca/c2*1-2-3-14-17(19(23)24)18(22)21(16-12-8-5-9-13-16)20-15-10-6-4-7-11-15;/h2*4-13,17,20H,2-3,14H2,1H3,(H,23,24);. The maximum atomic E-state index is 12.9. The smallest absolute Gasteiger partial charge is 0.316 e. The first-order valence-electron chi connectivity index (χ1n) is 16.1. The Morgan fingerprint density at radius 2 is 0.816 bits per heavy atom. The van der Waals surface area contributed by atoms with Gasteiger partial charge in [-0.05, 0) is 61.4 Å². The Morgan fingerprint density at radius 1 is 0.531 bits per heavy atom. The van der Waals surface area contributed by atoms with Gasteiger partial charge in [-0.15, -0.1) is 0 Å². The molecule has 10 nitrogen and oxygen atoms in total. The van der Waals surface area contributed by atoms with Gasteiger partial charge in [-0.3, -0.25) is 30.0 Å². The number of aliphatic carboxylic acids is 2. The average molecular weight is 693 g/mol. The maximum Gasteiger partial charge on any atom is 0.316 e. The molecule has 0 spiro atoms. The molecule has 0 aliphatic carbocycles. The fourth-order valence-corrected chi connectivity index (χ4v) is 4.76. The number of carboxylic acid groups (broad SMARTS) is 2. The number of carboxylic acids is 2. The van der Waals surface area contributed by atoms with Gasteiger partial charge in [-0.1, -0.05) is 112 Å². The predicted molar refractivity (Wildman–Crippen MR) is 195 cm³/mol. The second kappa shape index (κ2) is 22.3. The molecule has 4 rings (SSSR count). The van der Waals surface area contributed by atoms with Gasteiger partial charge in [0.2, 0.25) is 0 Å². The summed E-state index contributed by atoms with van der Waals surface area (Å²) in [5.41, 5.74) is 8.70. The third kappa shape index (κ3) is 13.2. The van der Waals surface area contributed by atoms with Crippen LogP contribution in [0.3, 0.4) is 0 Å². The van der Waals surface area contributed by atoms with Crippen molar-refractivity contribution in [3.05, 3.63) is 121 Å². The Hall–Kier alpha value is -4.38. The van der Waals surface area contributed by atoms with E-state index in [0.29, 0.717) is 48.4 Å². The van der Waals surface area contributed by atoms with E-state index in [1.807, 2.05) is 111 Å². The van der Waals surface area contributed by atoms with Crippen molar-refractivity contribution in [2.24, 2.45) is 11.8 Å². The van der Waals surface area contributed by atoms with Crippen molar-refractivity contribution in [2.75, 3.05) is 20.9 Å². The molecule has 4 aromatic carbocycles. The molecule has 0 aliphatic heterocycles. The van der Waals surface area contributed by atoms with Crippen molar-refractivity contribution in [3.8, 4) is 0 Å². The summed E-state index contributed by atoms with van der Waals surface area (Å²) in [6.45, 7) is 3.95. The van der Waals surface area contributed by atoms with Gasteiger partial charge in [0, 0.05) is 37.7 Å². The van der Waals surface area contributed by atoms with E-state index in [9.17, 15) is 29.4 Å². The summed E-state index contributed by atoms with van der Waals surface area (Å²) in [5.74, 6) is -5.26. The minimum atomic E-state index is -1.09. The molecule has 2 unspecified atom stereocenters. The first-order chi connectivity index (χ1) is 23.3. The Morgan fingerprint density at radius 3 is 1.08 bits per heavy atom. The number of anilines is 4. The fraction of sp³-hybridized carbons (Fsp3) is 0.263. The molecule has 2 amide bonds. The van der Waals surface area contributed by atoms with Crippen LogP contribution in [0.25, 0.3) is 0 Å². The number of carbonyl (C=O) groups excluding carboxylic acids is 2.